The van der Waals surface area contributed by atoms with E-state index in [0.29, 0.717) is 18.0 Å². The van der Waals surface area contributed by atoms with E-state index in [4.69, 9.17) is 9.47 Å². The summed E-state index contributed by atoms with van der Waals surface area (Å²) in [5, 5.41) is 4.19. The van der Waals surface area contributed by atoms with Crippen LogP contribution in [-0.4, -0.2) is 33.9 Å². The lowest BCUT2D eigenvalue weighted by Crippen LogP contribution is -2.25. The molecular weight excluding hydrogens is 260 g/mol. The van der Waals surface area contributed by atoms with E-state index in [0.717, 1.165) is 0 Å². The minimum Gasteiger partial charge on any atom is -0.461 e. The van der Waals surface area contributed by atoms with Crippen LogP contribution in [0, 0.1) is 6.92 Å². The third kappa shape index (κ3) is 5.03. The third-order valence-electron chi connectivity index (χ3n) is 2.33. The van der Waals surface area contributed by atoms with E-state index in [1.54, 1.807) is 19.9 Å². The summed E-state index contributed by atoms with van der Waals surface area (Å²) < 4.78 is 11.7. The Morgan fingerprint density at radius 2 is 2.00 bits per heavy atom. The number of aromatic nitrogens is 2. The van der Waals surface area contributed by atoms with Crippen LogP contribution in [0.2, 0.25) is 0 Å². The maximum Gasteiger partial charge on any atom is 0.356 e. The molecule has 6 nitrogen and oxygen atoms in total. The highest BCUT2D eigenvalue weighted by Crippen LogP contribution is 2.11. The van der Waals surface area contributed by atoms with E-state index in [-0.39, 0.29) is 18.9 Å². The van der Waals surface area contributed by atoms with Crippen molar-refractivity contribution >= 4 is 11.9 Å². The third-order valence-corrected chi connectivity index (χ3v) is 2.33. The molecule has 0 aliphatic heterocycles. The molecule has 1 aromatic heterocycles. The van der Waals surface area contributed by atoms with Crippen LogP contribution in [-0.2, 0) is 20.8 Å². The fraction of sp³-hybridized carbons (Fsp3) is 0.643. The van der Waals surface area contributed by atoms with Crippen LogP contribution in [0.5, 0.6) is 0 Å². The van der Waals surface area contributed by atoms with E-state index in [1.807, 2.05) is 20.8 Å². The summed E-state index contributed by atoms with van der Waals surface area (Å²) in [6.07, 6.45) is 0.158. The molecule has 0 aromatic carbocycles. The quantitative estimate of drug-likeness (QED) is 0.773. The second kappa shape index (κ2) is 6.54. The molecule has 0 atom stereocenters. The zero-order valence-corrected chi connectivity index (χ0v) is 12.7. The van der Waals surface area contributed by atoms with Crippen molar-refractivity contribution in [3.63, 3.8) is 0 Å². The number of nitrogens with zero attached hydrogens (tertiary/aromatic N) is 2. The lowest BCUT2D eigenvalue weighted by atomic mass is 10.2. The number of esters is 2. The Labute approximate surface area is 119 Å². The highest BCUT2D eigenvalue weighted by Gasteiger charge is 2.19. The van der Waals surface area contributed by atoms with Crippen LogP contribution >= 0.6 is 0 Å². The van der Waals surface area contributed by atoms with Gasteiger partial charge in [0.15, 0.2) is 0 Å². The molecule has 1 rings (SSSR count). The Balaban J connectivity index is 2.68. The van der Waals surface area contributed by atoms with E-state index in [2.05, 4.69) is 5.10 Å². The van der Waals surface area contributed by atoms with Crippen molar-refractivity contribution in [2.75, 3.05) is 6.61 Å². The first kappa shape index (κ1) is 16.2. The zero-order chi connectivity index (χ0) is 15.3. The normalized spacial score (nSPS) is 11.2. The summed E-state index contributed by atoms with van der Waals surface area (Å²) >= 11 is 0. The molecule has 0 saturated carbocycles. The average molecular weight is 282 g/mol. The Hall–Kier alpha value is -1.85. The van der Waals surface area contributed by atoms with Gasteiger partial charge in [-0.2, -0.15) is 5.10 Å². The molecule has 0 fully saturated rings. The predicted molar refractivity (Wildman–Crippen MR) is 73.4 cm³/mol. The van der Waals surface area contributed by atoms with E-state index >= 15 is 0 Å². The van der Waals surface area contributed by atoms with Gasteiger partial charge in [-0.1, -0.05) is 0 Å². The Morgan fingerprint density at radius 3 is 2.55 bits per heavy atom. The molecule has 0 aliphatic rings. The fourth-order valence-corrected chi connectivity index (χ4v) is 1.68. The van der Waals surface area contributed by atoms with Crippen molar-refractivity contribution in [1.82, 2.24) is 9.78 Å². The van der Waals surface area contributed by atoms with Gasteiger partial charge >= 0.3 is 11.9 Å². The molecule has 0 radical (unpaired) electrons. The zero-order valence-electron chi connectivity index (χ0n) is 12.7. The van der Waals surface area contributed by atoms with E-state index < -0.39 is 11.6 Å². The lowest BCUT2D eigenvalue weighted by molar-refractivity contribution is -0.155. The average Bonchev–Trinajstić information content (AvgIpc) is 2.66. The van der Waals surface area contributed by atoms with Crippen molar-refractivity contribution in [3.05, 3.63) is 17.5 Å². The molecule has 20 heavy (non-hydrogen) atoms. The molecule has 0 amide bonds. The van der Waals surface area contributed by atoms with Gasteiger partial charge in [0.2, 0.25) is 0 Å². The van der Waals surface area contributed by atoms with Gasteiger partial charge in [0.05, 0.1) is 25.3 Å². The molecule has 1 aromatic rings. The van der Waals surface area contributed by atoms with Crippen molar-refractivity contribution in [2.45, 2.75) is 53.2 Å². The highest BCUT2D eigenvalue weighted by atomic mass is 16.6. The van der Waals surface area contributed by atoms with Crippen LogP contribution in [0.3, 0.4) is 0 Å². The van der Waals surface area contributed by atoms with Crippen LogP contribution in [0.15, 0.2) is 6.07 Å². The summed E-state index contributed by atoms with van der Waals surface area (Å²) in [6, 6.07) is 1.65. The summed E-state index contributed by atoms with van der Waals surface area (Å²) in [7, 11) is 0. The molecule has 112 valence electrons. The number of hydrogen-bond donors (Lipinski definition) is 0. The second-order valence-electron chi connectivity index (χ2n) is 5.45. The molecule has 0 unspecified atom stereocenters. The van der Waals surface area contributed by atoms with Gasteiger partial charge in [-0.25, -0.2) is 4.79 Å². The molecular formula is C14H22N2O4. The smallest absolute Gasteiger partial charge is 0.356 e. The molecule has 0 N–H and O–H groups in total. The molecule has 1 heterocycles. The Morgan fingerprint density at radius 1 is 1.35 bits per heavy atom. The molecule has 0 spiro atoms. The van der Waals surface area contributed by atoms with Gasteiger partial charge in [-0.15, -0.1) is 0 Å². The van der Waals surface area contributed by atoms with Gasteiger partial charge in [-0.05, 0) is 40.7 Å². The molecule has 0 aliphatic carbocycles. The van der Waals surface area contributed by atoms with E-state index in [1.165, 1.54) is 4.68 Å². The first-order valence-electron chi connectivity index (χ1n) is 6.66. The number of hydrogen-bond acceptors (Lipinski definition) is 5. The van der Waals surface area contributed by atoms with Gasteiger partial charge < -0.3 is 9.47 Å². The van der Waals surface area contributed by atoms with Crippen molar-refractivity contribution in [1.29, 1.82) is 0 Å². The predicted octanol–water partition coefficient (Wildman–Crippen LogP) is 2.10. The summed E-state index contributed by atoms with van der Waals surface area (Å²) in [6.45, 7) is 9.55. The number of ether oxygens (including phenoxy) is 2. The molecule has 0 saturated heterocycles. The van der Waals surface area contributed by atoms with Gasteiger partial charge in [0.25, 0.3) is 0 Å². The number of aryl methyl sites for hydroxylation is 2. The van der Waals surface area contributed by atoms with Crippen molar-refractivity contribution in [2.24, 2.45) is 0 Å². The van der Waals surface area contributed by atoms with Crippen molar-refractivity contribution < 1.29 is 19.1 Å². The number of rotatable bonds is 5. The van der Waals surface area contributed by atoms with Crippen LogP contribution in [0.25, 0.3) is 0 Å². The fourth-order valence-electron chi connectivity index (χ4n) is 1.68. The number of carbonyl (C=O) groups excluding carboxylic acids is 2. The largest absolute Gasteiger partial charge is 0.461 e. The van der Waals surface area contributed by atoms with Gasteiger partial charge in [-0.3, -0.25) is 9.48 Å². The van der Waals surface area contributed by atoms with Gasteiger partial charge in [0, 0.05) is 0 Å². The molecule has 6 heteroatoms. The highest BCUT2D eigenvalue weighted by molar-refractivity contribution is 5.87. The lowest BCUT2D eigenvalue weighted by Gasteiger charge is -2.19. The van der Waals surface area contributed by atoms with Crippen LogP contribution < -0.4 is 0 Å². The first-order chi connectivity index (χ1) is 9.23. The summed E-state index contributed by atoms with van der Waals surface area (Å²) in [4.78, 5) is 23.4. The van der Waals surface area contributed by atoms with Crippen LogP contribution in [0.4, 0.5) is 0 Å². The number of carbonyl (C=O) groups is 2. The van der Waals surface area contributed by atoms with Crippen LogP contribution in [0.1, 0.15) is 50.3 Å². The second-order valence-corrected chi connectivity index (χ2v) is 5.45. The first-order valence-corrected chi connectivity index (χ1v) is 6.66. The van der Waals surface area contributed by atoms with Gasteiger partial charge in [0.1, 0.15) is 11.3 Å². The maximum absolute atomic E-state index is 11.8. The monoisotopic (exact) mass is 282 g/mol. The van der Waals surface area contributed by atoms with E-state index in [9.17, 15) is 9.59 Å². The SMILES string of the molecule is CCOC(=O)c1cc(C)nn1CCC(=O)OC(C)(C)C. The minimum atomic E-state index is -0.513. The topological polar surface area (TPSA) is 70.4 Å². The molecule has 0 bridgehead atoms. The Kier molecular flexibility index (Phi) is 5.30. The maximum atomic E-state index is 11.8. The Bertz CT molecular complexity index is 486. The standard InChI is InChI=1S/C14H22N2O4/c1-6-19-13(18)11-9-10(2)15-16(11)8-7-12(17)20-14(3,4)5/h9H,6-8H2,1-5H3. The summed E-state index contributed by atoms with van der Waals surface area (Å²) in [5.41, 5.74) is 0.548. The van der Waals surface area contributed by atoms with Crippen molar-refractivity contribution in [3.8, 4) is 0 Å². The summed E-state index contributed by atoms with van der Waals surface area (Å²) in [5.74, 6) is -0.752. The minimum absolute atomic E-state index is 0.158.